The number of benzene rings is 2. The quantitative estimate of drug-likeness (QED) is 0.882. The Labute approximate surface area is 126 Å². The molecule has 1 aliphatic heterocycles. The largest absolute Gasteiger partial charge is 0.379 e. The van der Waals surface area contributed by atoms with Gasteiger partial charge in [0.05, 0.1) is 0 Å². The van der Waals surface area contributed by atoms with Crippen LogP contribution in [0.3, 0.4) is 0 Å². The van der Waals surface area contributed by atoms with E-state index >= 15 is 0 Å². The van der Waals surface area contributed by atoms with Crippen LogP contribution in [-0.2, 0) is 21.3 Å². The summed E-state index contributed by atoms with van der Waals surface area (Å²) in [5, 5.41) is 2.70. The van der Waals surface area contributed by atoms with E-state index in [1.54, 1.807) is 12.1 Å². The second kappa shape index (κ2) is 5.42. The number of nitrogens with one attached hydrogen (secondary N) is 1. The van der Waals surface area contributed by atoms with Crippen molar-refractivity contribution in [2.24, 2.45) is 0 Å². The van der Waals surface area contributed by atoms with Crippen molar-refractivity contribution >= 4 is 21.7 Å². The van der Waals surface area contributed by atoms with Crippen LogP contribution in [0.1, 0.15) is 12.0 Å². The molecule has 1 heterocycles. The van der Waals surface area contributed by atoms with Crippen LogP contribution in [0.15, 0.2) is 47.4 Å². The minimum atomic E-state index is -4.02. The second-order valence-corrected chi connectivity index (χ2v) is 6.40. The van der Waals surface area contributed by atoms with Gasteiger partial charge >= 0.3 is 10.1 Å². The first-order valence-corrected chi connectivity index (χ1v) is 7.98. The van der Waals surface area contributed by atoms with Crippen LogP contribution in [0.4, 0.5) is 10.1 Å². The summed E-state index contributed by atoms with van der Waals surface area (Å²) in [5.41, 5.74) is 1.47. The summed E-state index contributed by atoms with van der Waals surface area (Å²) in [6.45, 7) is 0. The van der Waals surface area contributed by atoms with E-state index in [2.05, 4.69) is 5.32 Å². The van der Waals surface area contributed by atoms with Crippen LogP contribution in [0.25, 0.3) is 0 Å². The molecular formula is C15H12FNO4S. The fourth-order valence-electron chi connectivity index (χ4n) is 2.19. The molecule has 0 saturated heterocycles. The molecule has 7 heteroatoms. The monoisotopic (exact) mass is 321 g/mol. The predicted octanol–water partition coefficient (Wildman–Crippen LogP) is 2.48. The maximum atomic E-state index is 12.9. The lowest BCUT2D eigenvalue weighted by Crippen LogP contribution is -2.19. The molecule has 0 spiro atoms. The Morgan fingerprint density at radius 3 is 2.50 bits per heavy atom. The SMILES string of the molecule is O=C1CCc2cc(OS(=O)(=O)c3ccc(F)cc3)ccc2N1. The van der Waals surface area contributed by atoms with Crippen molar-refractivity contribution in [2.45, 2.75) is 17.7 Å². The maximum Gasteiger partial charge on any atom is 0.339 e. The van der Waals surface area contributed by atoms with Crippen LogP contribution in [0.5, 0.6) is 5.75 Å². The molecule has 0 fully saturated rings. The molecule has 1 amide bonds. The van der Waals surface area contributed by atoms with E-state index in [-0.39, 0.29) is 16.6 Å². The predicted molar refractivity (Wildman–Crippen MR) is 77.6 cm³/mol. The average molecular weight is 321 g/mol. The average Bonchev–Trinajstić information content (AvgIpc) is 2.47. The number of anilines is 1. The third-order valence-corrected chi connectivity index (χ3v) is 4.54. The highest BCUT2D eigenvalue weighted by Gasteiger charge is 2.19. The van der Waals surface area contributed by atoms with Gasteiger partial charge in [0.25, 0.3) is 0 Å². The molecule has 0 aliphatic carbocycles. The van der Waals surface area contributed by atoms with E-state index in [0.29, 0.717) is 18.5 Å². The summed E-state index contributed by atoms with van der Waals surface area (Å²) in [4.78, 5) is 11.2. The molecule has 1 N–H and O–H groups in total. The number of carbonyl (C=O) groups is 1. The van der Waals surface area contributed by atoms with Crippen LogP contribution >= 0.6 is 0 Å². The zero-order chi connectivity index (χ0) is 15.7. The molecular weight excluding hydrogens is 309 g/mol. The van der Waals surface area contributed by atoms with Gasteiger partial charge in [-0.05, 0) is 54.4 Å². The van der Waals surface area contributed by atoms with Crippen molar-refractivity contribution in [3.63, 3.8) is 0 Å². The van der Waals surface area contributed by atoms with E-state index in [1.807, 2.05) is 0 Å². The Kier molecular flexibility index (Phi) is 3.58. The first-order valence-electron chi connectivity index (χ1n) is 6.57. The molecule has 0 unspecified atom stereocenters. The molecule has 0 bridgehead atoms. The van der Waals surface area contributed by atoms with Gasteiger partial charge in [0.15, 0.2) is 0 Å². The summed E-state index contributed by atoms with van der Waals surface area (Å²) in [6.07, 6.45) is 0.871. The Morgan fingerprint density at radius 1 is 1.05 bits per heavy atom. The van der Waals surface area contributed by atoms with Gasteiger partial charge in [0.2, 0.25) is 5.91 Å². The standard InChI is InChI=1S/C15H12FNO4S/c16-11-2-5-13(6-3-11)22(19,20)21-12-4-7-14-10(9-12)1-8-15(18)17-14/h2-7,9H,1,8H2,(H,17,18). The lowest BCUT2D eigenvalue weighted by Gasteiger charge is -2.17. The van der Waals surface area contributed by atoms with Gasteiger partial charge in [-0.25, -0.2) is 4.39 Å². The van der Waals surface area contributed by atoms with Gasteiger partial charge in [-0.1, -0.05) is 0 Å². The number of aryl methyl sites for hydroxylation is 1. The van der Waals surface area contributed by atoms with Crippen molar-refractivity contribution in [2.75, 3.05) is 5.32 Å². The van der Waals surface area contributed by atoms with Crippen LogP contribution in [0.2, 0.25) is 0 Å². The number of fused-ring (bicyclic) bond motifs is 1. The third kappa shape index (κ3) is 2.94. The van der Waals surface area contributed by atoms with Crippen molar-refractivity contribution in [1.82, 2.24) is 0 Å². The summed E-state index contributed by atoms with van der Waals surface area (Å²) >= 11 is 0. The first-order chi connectivity index (χ1) is 10.4. The van der Waals surface area contributed by atoms with E-state index in [0.717, 1.165) is 29.8 Å². The highest BCUT2D eigenvalue weighted by atomic mass is 32.2. The molecule has 1 aliphatic rings. The summed E-state index contributed by atoms with van der Waals surface area (Å²) in [6, 6.07) is 9.03. The number of hydrogen-bond acceptors (Lipinski definition) is 4. The Morgan fingerprint density at radius 2 is 1.77 bits per heavy atom. The molecule has 5 nitrogen and oxygen atoms in total. The van der Waals surface area contributed by atoms with Crippen LogP contribution < -0.4 is 9.50 Å². The van der Waals surface area contributed by atoms with Crippen molar-refractivity contribution in [3.8, 4) is 5.75 Å². The van der Waals surface area contributed by atoms with Crippen LogP contribution in [0, 0.1) is 5.82 Å². The normalized spacial score (nSPS) is 14.1. The van der Waals surface area contributed by atoms with Gasteiger partial charge in [-0.2, -0.15) is 8.42 Å². The minimum Gasteiger partial charge on any atom is -0.379 e. The van der Waals surface area contributed by atoms with Gasteiger partial charge in [0, 0.05) is 12.1 Å². The molecule has 0 atom stereocenters. The fourth-order valence-corrected chi connectivity index (χ4v) is 3.11. The highest BCUT2D eigenvalue weighted by molar-refractivity contribution is 7.87. The number of rotatable bonds is 3. The first kappa shape index (κ1) is 14.5. The Balaban J connectivity index is 1.86. The topological polar surface area (TPSA) is 72.5 Å². The van der Waals surface area contributed by atoms with Crippen molar-refractivity contribution in [3.05, 3.63) is 53.8 Å². The molecule has 2 aromatic carbocycles. The van der Waals surface area contributed by atoms with Crippen molar-refractivity contribution < 1.29 is 21.8 Å². The van der Waals surface area contributed by atoms with E-state index < -0.39 is 15.9 Å². The molecule has 22 heavy (non-hydrogen) atoms. The van der Waals surface area contributed by atoms with Gasteiger partial charge in [0.1, 0.15) is 16.5 Å². The minimum absolute atomic E-state index is 0.0693. The summed E-state index contributed by atoms with van der Waals surface area (Å²) < 4.78 is 42.1. The molecule has 3 rings (SSSR count). The maximum absolute atomic E-state index is 12.9. The zero-order valence-electron chi connectivity index (χ0n) is 11.4. The fraction of sp³-hybridized carbons (Fsp3) is 0.133. The number of carbonyl (C=O) groups excluding carboxylic acids is 1. The lowest BCUT2D eigenvalue weighted by molar-refractivity contribution is -0.116. The third-order valence-electron chi connectivity index (χ3n) is 3.28. The number of amides is 1. The molecule has 114 valence electrons. The van der Waals surface area contributed by atoms with E-state index in [9.17, 15) is 17.6 Å². The smallest absolute Gasteiger partial charge is 0.339 e. The van der Waals surface area contributed by atoms with Gasteiger partial charge in [-0.3, -0.25) is 4.79 Å². The lowest BCUT2D eigenvalue weighted by atomic mass is 10.0. The van der Waals surface area contributed by atoms with Gasteiger partial charge < -0.3 is 9.50 Å². The summed E-state index contributed by atoms with van der Waals surface area (Å²) in [5.74, 6) is -0.442. The number of halogens is 1. The molecule has 2 aromatic rings. The zero-order valence-corrected chi connectivity index (χ0v) is 12.2. The van der Waals surface area contributed by atoms with E-state index in [4.69, 9.17) is 4.18 Å². The Hall–Kier alpha value is -2.41. The molecule has 0 saturated carbocycles. The molecule has 0 radical (unpaired) electrons. The van der Waals surface area contributed by atoms with Gasteiger partial charge in [-0.15, -0.1) is 0 Å². The Bertz CT molecular complexity index is 831. The van der Waals surface area contributed by atoms with Crippen LogP contribution in [-0.4, -0.2) is 14.3 Å². The van der Waals surface area contributed by atoms with E-state index in [1.165, 1.54) is 6.07 Å². The van der Waals surface area contributed by atoms with Crippen molar-refractivity contribution in [1.29, 1.82) is 0 Å². The number of hydrogen-bond donors (Lipinski definition) is 1. The summed E-state index contributed by atoms with van der Waals surface area (Å²) in [7, 11) is -4.02. The molecule has 0 aromatic heterocycles. The second-order valence-electron chi connectivity index (χ2n) is 4.86. The highest BCUT2D eigenvalue weighted by Crippen LogP contribution is 2.28.